The summed E-state index contributed by atoms with van der Waals surface area (Å²) >= 11 is 28.9. The van der Waals surface area contributed by atoms with Crippen molar-refractivity contribution in [2.75, 3.05) is 17.6 Å². The van der Waals surface area contributed by atoms with Crippen molar-refractivity contribution in [3.8, 4) is 0 Å². The first-order valence-electron chi connectivity index (χ1n) is 10.4. The zero-order valence-electron chi connectivity index (χ0n) is 19.0. The number of nitrogens with one attached hydrogen (secondary N) is 2. The standard InChI is InChI=1S/C21H23Cl4N5O5S2/c22-11-4-3-10(6-12(11)23)8-29-18-13(24)7-15(17(25)19(18)36)37(34,35)9-16(31)30(21(27)28)5-1-2-14(26)20(32)33/h3-4,6-7,14,29,36H,1-2,5,8-9,26H2,(H3,27,28)(H,32,33). The molecule has 2 aromatic carbocycles. The molecule has 0 aliphatic heterocycles. The Bertz CT molecular complexity index is 1330. The van der Waals surface area contributed by atoms with Crippen LogP contribution in [0.2, 0.25) is 20.1 Å². The number of halogens is 4. The van der Waals surface area contributed by atoms with Crippen LogP contribution in [0.3, 0.4) is 0 Å². The van der Waals surface area contributed by atoms with Crippen molar-refractivity contribution in [2.45, 2.75) is 35.2 Å². The maximum Gasteiger partial charge on any atom is 0.320 e. The first kappa shape index (κ1) is 31.3. The Labute approximate surface area is 239 Å². The molecule has 0 saturated heterocycles. The summed E-state index contributed by atoms with van der Waals surface area (Å²) in [6.45, 7) is 0.0404. The molecule has 7 N–H and O–H groups in total. The average Bonchev–Trinajstić information content (AvgIpc) is 2.80. The number of nitrogens with two attached hydrogens (primary N) is 2. The summed E-state index contributed by atoms with van der Waals surface area (Å²) in [4.78, 5) is 23.9. The molecule has 0 aliphatic carbocycles. The largest absolute Gasteiger partial charge is 0.480 e. The molecule has 0 bridgehead atoms. The lowest BCUT2D eigenvalue weighted by molar-refractivity contribution is -0.138. The van der Waals surface area contributed by atoms with Gasteiger partial charge in [-0.25, -0.2) is 8.42 Å². The molecule has 1 unspecified atom stereocenters. The van der Waals surface area contributed by atoms with Crippen molar-refractivity contribution < 1.29 is 23.1 Å². The highest BCUT2D eigenvalue weighted by Crippen LogP contribution is 2.40. The van der Waals surface area contributed by atoms with E-state index in [0.717, 1.165) is 16.5 Å². The van der Waals surface area contributed by atoms with Crippen molar-refractivity contribution in [1.82, 2.24) is 4.90 Å². The van der Waals surface area contributed by atoms with Gasteiger partial charge >= 0.3 is 5.97 Å². The number of guanidine groups is 1. The lowest BCUT2D eigenvalue weighted by Crippen LogP contribution is -2.45. The molecule has 0 saturated carbocycles. The third-order valence-electron chi connectivity index (χ3n) is 5.07. The Hall–Kier alpha value is -1.93. The molecule has 0 heterocycles. The summed E-state index contributed by atoms with van der Waals surface area (Å²) in [6, 6.07) is 4.91. The number of rotatable bonds is 11. The second-order valence-electron chi connectivity index (χ2n) is 7.77. The monoisotopic (exact) mass is 629 g/mol. The van der Waals surface area contributed by atoms with Gasteiger partial charge in [0.25, 0.3) is 0 Å². The van der Waals surface area contributed by atoms with Gasteiger partial charge in [-0.3, -0.25) is 19.9 Å². The Morgan fingerprint density at radius 1 is 1.14 bits per heavy atom. The quantitative estimate of drug-likeness (QED) is 0.123. The maximum atomic E-state index is 13.0. The van der Waals surface area contributed by atoms with Gasteiger partial charge in [0.1, 0.15) is 11.8 Å². The van der Waals surface area contributed by atoms with E-state index in [1.165, 1.54) is 0 Å². The number of carboxylic acid groups (broad SMARTS) is 1. The number of benzene rings is 2. The number of carbonyl (C=O) groups excluding carboxylic acids is 1. The fourth-order valence-electron chi connectivity index (χ4n) is 3.12. The van der Waals surface area contributed by atoms with E-state index in [1.807, 2.05) is 0 Å². The van der Waals surface area contributed by atoms with Gasteiger partial charge in [-0.1, -0.05) is 52.5 Å². The second kappa shape index (κ2) is 13.2. The third-order valence-corrected chi connectivity index (χ3v) is 8.81. The van der Waals surface area contributed by atoms with Crippen LogP contribution in [-0.2, 0) is 26.0 Å². The van der Waals surface area contributed by atoms with Crippen LogP contribution in [0.5, 0.6) is 0 Å². The fraction of sp³-hybridized carbons (Fsp3) is 0.286. The van der Waals surface area contributed by atoms with Crippen LogP contribution in [0.1, 0.15) is 18.4 Å². The van der Waals surface area contributed by atoms with Crippen molar-refractivity contribution in [2.24, 2.45) is 11.5 Å². The lowest BCUT2D eigenvalue weighted by atomic mass is 10.1. The van der Waals surface area contributed by atoms with Gasteiger partial charge < -0.3 is 21.9 Å². The minimum atomic E-state index is -4.35. The number of carbonyl (C=O) groups is 2. The number of aliphatic carboxylic acids is 1. The number of thiol groups is 1. The fourth-order valence-corrected chi connectivity index (χ4v) is 6.04. The highest BCUT2D eigenvalue weighted by Gasteiger charge is 2.29. The minimum Gasteiger partial charge on any atom is -0.480 e. The Kier molecular flexibility index (Phi) is 11.2. The van der Waals surface area contributed by atoms with E-state index < -0.39 is 44.4 Å². The number of hydrogen-bond acceptors (Lipinski definition) is 8. The highest BCUT2D eigenvalue weighted by molar-refractivity contribution is 7.92. The van der Waals surface area contributed by atoms with Crippen molar-refractivity contribution in [3.63, 3.8) is 0 Å². The maximum absolute atomic E-state index is 13.0. The van der Waals surface area contributed by atoms with Crippen LogP contribution in [0.15, 0.2) is 34.1 Å². The smallest absolute Gasteiger partial charge is 0.320 e. The van der Waals surface area contributed by atoms with E-state index in [1.54, 1.807) is 18.2 Å². The van der Waals surface area contributed by atoms with Crippen molar-refractivity contribution in [3.05, 3.63) is 49.9 Å². The Balaban J connectivity index is 2.21. The molecule has 16 heteroatoms. The van der Waals surface area contributed by atoms with Crippen LogP contribution in [-0.4, -0.2) is 54.6 Å². The predicted octanol–water partition coefficient (Wildman–Crippen LogP) is 3.89. The number of hydrogen-bond donors (Lipinski definition) is 6. The highest BCUT2D eigenvalue weighted by atomic mass is 35.5. The van der Waals surface area contributed by atoms with Gasteiger partial charge in [0.15, 0.2) is 15.8 Å². The third kappa shape index (κ3) is 8.28. The first-order valence-corrected chi connectivity index (χ1v) is 14.0. The molecule has 1 atom stereocenters. The molecule has 0 fully saturated rings. The number of sulfone groups is 1. The van der Waals surface area contributed by atoms with Gasteiger partial charge in [0.2, 0.25) is 5.91 Å². The van der Waals surface area contributed by atoms with E-state index in [0.29, 0.717) is 10.0 Å². The van der Waals surface area contributed by atoms with E-state index in [-0.39, 0.29) is 46.6 Å². The van der Waals surface area contributed by atoms with Crippen LogP contribution >= 0.6 is 59.0 Å². The van der Waals surface area contributed by atoms with Gasteiger partial charge in [0.05, 0.1) is 30.7 Å². The van der Waals surface area contributed by atoms with Gasteiger partial charge in [-0.15, -0.1) is 12.6 Å². The molecule has 0 spiro atoms. The van der Waals surface area contributed by atoms with Crippen LogP contribution in [0, 0.1) is 5.41 Å². The molecule has 2 rings (SSSR count). The first-order chi connectivity index (χ1) is 17.2. The summed E-state index contributed by atoms with van der Waals surface area (Å²) in [6.07, 6.45) is 0.0612. The Morgan fingerprint density at radius 3 is 2.35 bits per heavy atom. The van der Waals surface area contributed by atoms with Crippen molar-refractivity contribution in [1.29, 1.82) is 5.41 Å². The summed E-state index contributed by atoms with van der Waals surface area (Å²) in [7, 11) is -4.35. The number of nitrogens with zero attached hydrogens (tertiary/aromatic N) is 1. The molecule has 10 nitrogen and oxygen atoms in total. The number of carboxylic acids is 1. The average molecular weight is 631 g/mol. The normalized spacial score (nSPS) is 12.2. The summed E-state index contributed by atoms with van der Waals surface area (Å²) in [5, 5.41) is 19.9. The van der Waals surface area contributed by atoms with E-state index in [4.69, 9.17) is 68.4 Å². The molecule has 202 valence electrons. The summed E-state index contributed by atoms with van der Waals surface area (Å²) in [5.41, 5.74) is 11.9. The molecular weight excluding hydrogens is 608 g/mol. The molecule has 37 heavy (non-hydrogen) atoms. The van der Waals surface area contributed by atoms with Gasteiger partial charge in [-0.2, -0.15) is 0 Å². The van der Waals surface area contributed by atoms with Gasteiger partial charge in [0, 0.05) is 18.0 Å². The molecular formula is C21H23Cl4N5O5S2. The molecule has 0 aliphatic rings. The van der Waals surface area contributed by atoms with Crippen LogP contribution in [0.25, 0.3) is 0 Å². The van der Waals surface area contributed by atoms with E-state index >= 15 is 0 Å². The number of amides is 1. The minimum absolute atomic E-state index is 0.0136. The molecule has 1 amide bonds. The van der Waals surface area contributed by atoms with E-state index in [9.17, 15) is 18.0 Å². The second-order valence-corrected chi connectivity index (χ2v) is 11.8. The zero-order chi connectivity index (χ0) is 28.1. The molecule has 0 radical (unpaired) electrons. The zero-order valence-corrected chi connectivity index (χ0v) is 23.7. The van der Waals surface area contributed by atoms with Gasteiger partial charge in [-0.05, 0) is 36.6 Å². The predicted molar refractivity (Wildman–Crippen MR) is 148 cm³/mol. The number of anilines is 1. The van der Waals surface area contributed by atoms with E-state index in [2.05, 4.69) is 17.9 Å². The SMILES string of the molecule is N=C(N)N(CCCC(N)C(=O)O)C(=O)CS(=O)(=O)c1cc(Cl)c(NCc2ccc(Cl)c(Cl)c2)c(S)c1Cl. The topological polar surface area (TPSA) is 180 Å². The van der Waals surface area contributed by atoms with Crippen LogP contribution in [0.4, 0.5) is 5.69 Å². The van der Waals surface area contributed by atoms with Crippen molar-refractivity contribution >= 4 is 92.4 Å². The molecule has 2 aromatic rings. The molecule has 0 aromatic heterocycles. The summed E-state index contributed by atoms with van der Waals surface area (Å²) in [5.74, 6) is -4.01. The Morgan fingerprint density at radius 2 is 1.78 bits per heavy atom. The lowest BCUT2D eigenvalue weighted by Gasteiger charge is -2.21. The summed E-state index contributed by atoms with van der Waals surface area (Å²) < 4.78 is 26.1. The van der Waals surface area contributed by atoms with Crippen LogP contribution < -0.4 is 16.8 Å².